The lowest BCUT2D eigenvalue weighted by molar-refractivity contribution is -0.133. The van der Waals surface area contributed by atoms with Crippen molar-refractivity contribution in [1.29, 1.82) is 0 Å². The topological polar surface area (TPSA) is 87.7 Å². The molecule has 1 atom stereocenters. The molecule has 0 unspecified atom stereocenters. The summed E-state index contributed by atoms with van der Waals surface area (Å²) in [6, 6.07) is 14.1. The Hall–Kier alpha value is -3.35. The van der Waals surface area contributed by atoms with Gasteiger partial charge >= 0.3 is 6.03 Å². The van der Waals surface area contributed by atoms with E-state index in [4.69, 9.17) is 4.74 Å². The van der Waals surface area contributed by atoms with Crippen LogP contribution in [0.1, 0.15) is 38.3 Å². The summed E-state index contributed by atoms with van der Waals surface area (Å²) in [5.41, 5.74) is 1.15. The number of para-hydroxylation sites is 2. The molecule has 4 amide bonds. The van der Waals surface area contributed by atoms with Crippen molar-refractivity contribution in [3.63, 3.8) is 0 Å². The summed E-state index contributed by atoms with van der Waals surface area (Å²) in [5, 5.41) is 5.45. The van der Waals surface area contributed by atoms with E-state index >= 15 is 0 Å². The fourth-order valence-electron chi connectivity index (χ4n) is 3.51. The zero-order valence-electron chi connectivity index (χ0n) is 17.5. The van der Waals surface area contributed by atoms with Gasteiger partial charge in [-0.3, -0.25) is 14.5 Å². The van der Waals surface area contributed by atoms with Gasteiger partial charge < -0.3 is 15.4 Å². The molecule has 1 heterocycles. The molecule has 158 valence electrons. The maximum absolute atomic E-state index is 13.0. The lowest BCUT2D eigenvalue weighted by Gasteiger charge is -2.22. The minimum atomic E-state index is -1.20. The second kappa shape index (κ2) is 8.98. The second-order valence-electron chi connectivity index (χ2n) is 7.37. The first-order chi connectivity index (χ1) is 14.4. The Bertz CT molecular complexity index is 942. The van der Waals surface area contributed by atoms with Crippen LogP contribution in [0, 0.1) is 0 Å². The number of imide groups is 1. The van der Waals surface area contributed by atoms with Gasteiger partial charge in [-0.15, -0.1) is 0 Å². The molecule has 2 N–H and O–H groups in total. The van der Waals surface area contributed by atoms with Crippen molar-refractivity contribution >= 4 is 23.5 Å². The first-order valence-electron chi connectivity index (χ1n) is 10.1. The number of nitrogens with zero attached hydrogens (tertiary/aromatic N) is 1. The number of ether oxygens (including phenoxy) is 1. The third-order valence-electron chi connectivity index (χ3n) is 5.11. The van der Waals surface area contributed by atoms with Gasteiger partial charge in [0.15, 0.2) is 0 Å². The maximum Gasteiger partial charge on any atom is 0.325 e. The molecule has 2 aromatic carbocycles. The van der Waals surface area contributed by atoms with Gasteiger partial charge in [0, 0.05) is 0 Å². The van der Waals surface area contributed by atoms with Crippen LogP contribution in [0.2, 0.25) is 0 Å². The summed E-state index contributed by atoms with van der Waals surface area (Å²) < 4.78 is 5.49. The molecule has 0 radical (unpaired) electrons. The van der Waals surface area contributed by atoms with Crippen LogP contribution in [-0.2, 0) is 21.5 Å². The van der Waals surface area contributed by atoms with Gasteiger partial charge in [-0.1, -0.05) is 49.7 Å². The predicted octanol–water partition coefficient (Wildman–Crippen LogP) is 3.44. The van der Waals surface area contributed by atoms with Crippen molar-refractivity contribution in [3.8, 4) is 5.75 Å². The highest BCUT2D eigenvalue weighted by molar-refractivity contribution is 6.10. The maximum atomic E-state index is 13.0. The third kappa shape index (κ3) is 4.30. The Morgan fingerprint density at radius 1 is 1.10 bits per heavy atom. The Morgan fingerprint density at radius 2 is 1.80 bits per heavy atom. The molecule has 7 nitrogen and oxygen atoms in total. The summed E-state index contributed by atoms with van der Waals surface area (Å²) in [6.07, 6.45) is 1.98. The molecule has 0 aromatic heterocycles. The van der Waals surface area contributed by atoms with Crippen molar-refractivity contribution in [2.45, 2.75) is 39.2 Å². The molecule has 1 fully saturated rings. The van der Waals surface area contributed by atoms with Crippen molar-refractivity contribution in [2.24, 2.45) is 0 Å². The standard InChI is InChI=1S/C23H27N3O4/c1-4-8-16-11-13-17(14-12-16)23(3)21(28)26(22(29)25-23)15-20(27)24-18-9-6-7-10-19(18)30-5-2/h6-7,9-14H,4-5,8,15H2,1-3H3,(H,24,27)(H,25,29)/t23-/m1/s1. The van der Waals surface area contributed by atoms with Gasteiger partial charge in [0.05, 0.1) is 12.3 Å². The molecular weight excluding hydrogens is 382 g/mol. The lowest BCUT2D eigenvalue weighted by Crippen LogP contribution is -2.42. The largest absolute Gasteiger partial charge is 0.492 e. The number of amides is 4. The summed E-state index contributed by atoms with van der Waals surface area (Å²) >= 11 is 0. The van der Waals surface area contributed by atoms with Crippen LogP contribution < -0.4 is 15.4 Å². The van der Waals surface area contributed by atoms with Gasteiger partial charge in [-0.05, 0) is 43.5 Å². The van der Waals surface area contributed by atoms with Gasteiger partial charge in [0.2, 0.25) is 5.91 Å². The number of carbonyl (C=O) groups is 3. The number of nitrogens with one attached hydrogen (secondary N) is 2. The van der Waals surface area contributed by atoms with E-state index < -0.39 is 23.4 Å². The van der Waals surface area contributed by atoms with Crippen LogP contribution in [0.15, 0.2) is 48.5 Å². The van der Waals surface area contributed by atoms with E-state index in [1.54, 1.807) is 31.2 Å². The molecule has 3 rings (SSSR count). The molecule has 0 aliphatic carbocycles. The van der Waals surface area contributed by atoms with Gasteiger partial charge in [-0.25, -0.2) is 4.79 Å². The number of hydrogen-bond donors (Lipinski definition) is 2. The highest BCUT2D eigenvalue weighted by Crippen LogP contribution is 2.29. The first-order valence-corrected chi connectivity index (χ1v) is 10.1. The van der Waals surface area contributed by atoms with Crippen molar-refractivity contribution < 1.29 is 19.1 Å². The lowest BCUT2D eigenvalue weighted by atomic mass is 9.91. The SMILES string of the molecule is CCCc1ccc([C@@]2(C)NC(=O)N(CC(=O)Nc3ccccc3OCC)C2=O)cc1. The van der Waals surface area contributed by atoms with Crippen LogP contribution in [0.25, 0.3) is 0 Å². The first kappa shape index (κ1) is 21.4. The van der Waals surface area contributed by atoms with E-state index in [1.807, 2.05) is 31.2 Å². The number of anilines is 1. The molecule has 0 spiro atoms. The van der Waals surface area contributed by atoms with E-state index in [9.17, 15) is 14.4 Å². The number of carbonyl (C=O) groups excluding carboxylic acids is 3. The van der Waals surface area contributed by atoms with Crippen LogP contribution in [0.4, 0.5) is 10.5 Å². The summed E-state index contributed by atoms with van der Waals surface area (Å²) in [7, 11) is 0. The van der Waals surface area contributed by atoms with Gasteiger partial charge in [0.1, 0.15) is 17.8 Å². The minimum Gasteiger partial charge on any atom is -0.492 e. The van der Waals surface area contributed by atoms with Gasteiger partial charge in [-0.2, -0.15) is 0 Å². The Kier molecular flexibility index (Phi) is 6.40. The van der Waals surface area contributed by atoms with Crippen molar-refractivity contribution in [2.75, 3.05) is 18.5 Å². The van der Waals surface area contributed by atoms with Crippen molar-refractivity contribution in [3.05, 3.63) is 59.7 Å². The quantitative estimate of drug-likeness (QED) is 0.654. The minimum absolute atomic E-state index is 0.380. The molecule has 0 bridgehead atoms. The molecule has 30 heavy (non-hydrogen) atoms. The smallest absolute Gasteiger partial charge is 0.325 e. The second-order valence-corrected chi connectivity index (χ2v) is 7.37. The molecule has 1 aliphatic heterocycles. The number of hydrogen-bond acceptors (Lipinski definition) is 4. The predicted molar refractivity (Wildman–Crippen MR) is 114 cm³/mol. The van der Waals surface area contributed by atoms with E-state index in [-0.39, 0.29) is 6.54 Å². The molecule has 2 aromatic rings. The Morgan fingerprint density at radius 3 is 2.47 bits per heavy atom. The van der Waals surface area contributed by atoms with Gasteiger partial charge in [0.25, 0.3) is 5.91 Å². The zero-order valence-corrected chi connectivity index (χ0v) is 17.5. The van der Waals surface area contributed by atoms with E-state index in [1.165, 1.54) is 5.56 Å². The monoisotopic (exact) mass is 409 g/mol. The fourth-order valence-corrected chi connectivity index (χ4v) is 3.51. The molecular formula is C23H27N3O4. The number of urea groups is 1. The normalized spacial score (nSPS) is 18.3. The number of rotatable bonds is 8. The van der Waals surface area contributed by atoms with Crippen LogP contribution in [0.5, 0.6) is 5.75 Å². The summed E-state index contributed by atoms with van der Waals surface area (Å²) in [4.78, 5) is 39.0. The molecule has 0 saturated carbocycles. The average molecular weight is 409 g/mol. The average Bonchev–Trinajstić information content (AvgIpc) is 2.94. The van der Waals surface area contributed by atoms with Crippen LogP contribution in [0.3, 0.4) is 0 Å². The molecule has 7 heteroatoms. The molecule has 1 aliphatic rings. The van der Waals surface area contributed by atoms with E-state index in [0.29, 0.717) is 23.6 Å². The Balaban J connectivity index is 1.72. The Labute approximate surface area is 176 Å². The van der Waals surface area contributed by atoms with Crippen LogP contribution in [-0.4, -0.2) is 35.9 Å². The number of benzene rings is 2. The van der Waals surface area contributed by atoms with Crippen LogP contribution >= 0.6 is 0 Å². The highest BCUT2D eigenvalue weighted by Gasteiger charge is 2.49. The highest BCUT2D eigenvalue weighted by atomic mass is 16.5. The fraction of sp³-hybridized carbons (Fsp3) is 0.348. The van der Waals surface area contributed by atoms with Crippen molar-refractivity contribution in [1.82, 2.24) is 10.2 Å². The zero-order chi connectivity index (χ0) is 21.7. The third-order valence-corrected chi connectivity index (χ3v) is 5.11. The summed E-state index contributed by atoms with van der Waals surface area (Å²) in [6.45, 7) is 5.68. The number of aryl methyl sites for hydroxylation is 1. The van der Waals surface area contributed by atoms with E-state index in [2.05, 4.69) is 17.6 Å². The molecule has 1 saturated heterocycles. The summed E-state index contributed by atoms with van der Waals surface area (Å²) in [5.74, 6) is -0.403. The van der Waals surface area contributed by atoms with E-state index in [0.717, 1.165) is 17.7 Å².